The summed E-state index contributed by atoms with van der Waals surface area (Å²) < 4.78 is 5.25. The zero-order valence-corrected chi connectivity index (χ0v) is 15.5. The highest BCUT2D eigenvalue weighted by Gasteiger charge is 2.11. The summed E-state index contributed by atoms with van der Waals surface area (Å²) in [6.07, 6.45) is 0.629. The van der Waals surface area contributed by atoms with E-state index >= 15 is 0 Å². The van der Waals surface area contributed by atoms with Gasteiger partial charge in [0.15, 0.2) is 0 Å². The van der Waals surface area contributed by atoms with Gasteiger partial charge in [-0.2, -0.15) is 4.98 Å². The van der Waals surface area contributed by atoms with E-state index in [1.807, 2.05) is 12.1 Å². The van der Waals surface area contributed by atoms with Crippen LogP contribution in [0.25, 0.3) is 11.4 Å². The summed E-state index contributed by atoms with van der Waals surface area (Å²) in [6, 6.07) is 15.1. The van der Waals surface area contributed by atoms with Crippen LogP contribution in [0.3, 0.4) is 0 Å². The molecule has 1 amide bonds. The molecule has 5 nitrogen and oxygen atoms in total. The molecule has 3 aromatic rings. The van der Waals surface area contributed by atoms with Gasteiger partial charge in [0.1, 0.15) is 0 Å². The number of hydrogen-bond acceptors (Lipinski definition) is 4. The summed E-state index contributed by atoms with van der Waals surface area (Å²) in [5.41, 5.74) is 2.82. The molecule has 6 heteroatoms. The van der Waals surface area contributed by atoms with Gasteiger partial charge in [0.25, 0.3) is 0 Å². The third kappa shape index (κ3) is 4.70. The van der Waals surface area contributed by atoms with Crippen LogP contribution in [-0.4, -0.2) is 16.0 Å². The van der Waals surface area contributed by atoms with Crippen LogP contribution in [0, 0.1) is 0 Å². The summed E-state index contributed by atoms with van der Waals surface area (Å²) >= 11 is 5.90. The molecular weight excluding hydrogens is 350 g/mol. The smallest absolute Gasteiger partial charge is 0.227 e. The molecule has 2 aromatic carbocycles. The molecule has 0 aliphatic carbocycles. The third-order valence-corrected chi connectivity index (χ3v) is 4.21. The fourth-order valence-electron chi connectivity index (χ4n) is 2.50. The fraction of sp³-hybridized carbons (Fsp3) is 0.250. The van der Waals surface area contributed by atoms with Crippen LogP contribution < -0.4 is 5.32 Å². The van der Waals surface area contributed by atoms with E-state index in [9.17, 15) is 4.79 Å². The van der Waals surface area contributed by atoms with E-state index in [2.05, 4.69) is 41.4 Å². The van der Waals surface area contributed by atoms with Crippen molar-refractivity contribution in [1.82, 2.24) is 10.1 Å². The highest BCUT2D eigenvalue weighted by Crippen LogP contribution is 2.21. The predicted octanol–water partition coefficient (Wildman–Crippen LogP) is 5.08. The minimum absolute atomic E-state index is 0.131. The van der Waals surface area contributed by atoms with Crippen molar-refractivity contribution in [3.05, 3.63) is 65.0 Å². The number of aryl methyl sites for hydroxylation is 1. The second-order valence-corrected chi connectivity index (χ2v) is 6.78. The standard InChI is InChI=1S/C20H20ClN3O2/c1-13(2)14-6-8-15(9-7-14)20-23-19(26-24-20)11-10-18(25)22-17-5-3-4-16(21)12-17/h3-9,12-13H,10-11H2,1-2H3,(H,22,25). The Balaban J connectivity index is 1.57. The van der Waals surface area contributed by atoms with E-state index in [0.717, 1.165) is 5.56 Å². The van der Waals surface area contributed by atoms with Crippen molar-refractivity contribution in [2.24, 2.45) is 0 Å². The van der Waals surface area contributed by atoms with Crippen LogP contribution in [0.15, 0.2) is 53.1 Å². The van der Waals surface area contributed by atoms with Crippen molar-refractivity contribution in [3.63, 3.8) is 0 Å². The first-order chi connectivity index (χ1) is 12.5. The van der Waals surface area contributed by atoms with Crippen molar-refractivity contribution in [3.8, 4) is 11.4 Å². The highest BCUT2D eigenvalue weighted by atomic mass is 35.5. The number of rotatable bonds is 6. The van der Waals surface area contributed by atoms with Gasteiger partial charge in [-0.1, -0.05) is 60.9 Å². The topological polar surface area (TPSA) is 68.0 Å². The van der Waals surface area contributed by atoms with E-state index in [1.165, 1.54) is 5.56 Å². The minimum Gasteiger partial charge on any atom is -0.339 e. The van der Waals surface area contributed by atoms with Gasteiger partial charge in [-0.15, -0.1) is 0 Å². The Bertz CT molecular complexity index is 888. The van der Waals surface area contributed by atoms with Crippen LogP contribution in [0.5, 0.6) is 0 Å². The van der Waals surface area contributed by atoms with Crippen LogP contribution in [0.4, 0.5) is 5.69 Å². The van der Waals surface area contributed by atoms with Crippen molar-refractivity contribution in [2.75, 3.05) is 5.32 Å². The summed E-state index contributed by atoms with van der Waals surface area (Å²) in [4.78, 5) is 16.4. The maximum Gasteiger partial charge on any atom is 0.227 e. The molecular formula is C20H20ClN3O2. The van der Waals surface area contributed by atoms with Crippen molar-refractivity contribution < 1.29 is 9.32 Å². The number of hydrogen-bond donors (Lipinski definition) is 1. The zero-order chi connectivity index (χ0) is 18.5. The molecule has 0 bridgehead atoms. The lowest BCUT2D eigenvalue weighted by atomic mass is 10.0. The maximum atomic E-state index is 12.0. The molecule has 0 saturated carbocycles. The van der Waals surface area contributed by atoms with Gasteiger partial charge in [0, 0.05) is 29.1 Å². The molecule has 0 radical (unpaired) electrons. The van der Waals surface area contributed by atoms with E-state index in [4.69, 9.17) is 16.1 Å². The average Bonchev–Trinajstić information content (AvgIpc) is 3.09. The summed E-state index contributed by atoms with van der Waals surface area (Å²) in [5, 5.41) is 7.37. The monoisotopic (exact) mass is 369 g/mol. The summed E-state index contributed by atoms with van der Waals surface area (Å²) in [7, 11) is 0. The molecule has 1 heterocycles. The molecule has 0 aliphatic rings. The Morgan fingerprint density at radius 3 is 2.65 bits per heavy atom. The Hall–Kier alpha value is -2.66. The summed E-state index contributed by atoms with van der Waals surface area (Å²) in [5.74, 6) is 1.32. The molecule has 0 fully saturated rings. The van der Waals surface area contributed by atoms with Gasteiger partial charge < -0.3 is 9.84 Å². The predicted molar refractivity (Wildman–Crippen MR) is 102 cm³/mol. The van der Waals surface area contributed by atoms with Crippen LogP contribution in [0.1, 0.15) is 37.6 Å². The van der Waals surface area contributed by atoms with Crippen LogP contribution >= 0.6 is 11.6 Å². The van der Waals surface area contributed by atoms with Crippen LogP contribution in [-0.2, 0) is 11.2 Å². The van der Waals surface area contributed by atoms with Crippen molar-refractivity contribution in [2.45, 2.75) is 32.6 Å². The number of aromatic nitrogens is 2. The lowest BCUT2D eigenvalue weighted by Crippen LogP contribution is -2.12. The van der Waals surface area contributed by atoms with Gasteiger partial charge in [-0.3, -0.25) is 4.79 Å². The number of carbonyl (C=O) groups excluding carboxylic acids is 1. The number of carbonyl (C=O) groups is 1. The Morgan fingerprint density at radius 2 is 1.96 bits per heavy atom. The molecule has 26 heavy (non-hydrogen) atoms. The highest BCUT2D eigenvalue weighted by molar-refractivity contribution is 6.30. The minimum atomic E-state index is -0.131. The Kier molecular flexibility index (Phi) is 5.68. The fourth-order valence-corrected chi connectivity index (χ4v) is 2.69. The SMILES string of the molecule is CC(C)c1ccc(-c2noc(CCC(=O)Nc3cccc(Cl)c3)n2)cc1. The molecule has 0 saturated heterocycles. The quantitative estimate of drug-likeness (QED) is 0.657. The van der Waals surface area contributed by atoms with Crippen molar-refractivity contribution >= 4 is 23.2 Å². The number of amides is 1. The molecule has 0 spiro atoms. The number of benzene rings is 2. The van der Waals surface area contributed by atoms with E-state index in [0.29, 0.717) is 34.8 Å². The van der Waals surface area contributed by atoms with Gasteiger partial charge in [0.2, 0.25) is 17.6 Å². The van der Waals surface area contributed by atoms with Gasteiger partial charge in [-0.25, -0.2) is 0 Å². The van der Waals surface area contributed by atoms with E-state index in [-0.39, 0.29) is 12.3 Å². The first-order valence-corrected chi connectivity index (χ1v) is 8.87. The lowest BCUT2D eigenvalue weighted by molar-refractivity contribution is -0.116. The zero-order valence-electron chi connectivity index (χ0n) is 14.7. The first-order valence-electron chi connectivity index (χ1n) is 8.49. The second-order valence-electron chi connectivity index (χ2n) is 6.35. The first kappa shape index (κ1) is 18.1. The normalized spacial score (nSPS) is 10.9. The lowest BCUT2D eigenvalue weighted by Gasteiger charge is -2.04. The molecule has 0 unspecified atom stereocenters. The Labute approximate surface area is 157 Å². The Morgan fingerprint density at radius 1 is 1.19 bits per heavy atom. The molecule has 1 aromatic heterocycles. The molecule has 3 rings (SSSR count). The summed E-state index contributed by atoms with van der Waals surface area (Å²) in [6.45, 7) is 4.30. The number of nitrogens with zero attached hydrogens (tertiary/aromatic N) is 2. The number of nitrogens with one attached hydrogen (secondary N) is 1. The third-order valence-electron chi connectivity index (χ3n) is 3.98. The molecule has 134 valence electrons. The number of halogens is 1. The van der Waals surface area contributed by atoms with Crippen molar-refractivity contribution in [1.29, 1.82) is 0 Å². The second kappa shape index (κ2) is 8.15. The van der Waals surface area contributed by atoms with Gasteiger partial charge >= 0.3 is 0 Å². The van der Waals surface area contributed by atoms with E-state index < -0.39 is 0 Å². The van der Waals surface area contributed by atoms with Gasteiger partial charge in [0.05, 0.1) is 0 Å². The largest absolute Gasteiger partial charge is 0.339 e. The maximum absolute atomic E-state index is 12.0. The molecule has 0 aliphatic heterocycles. The molecule has 1 N–H and O–H groups in total. The average molecular weight is 370 g/mol. The van der Waals surface area contributed by atoms with Gasteiger partial charge in [-0.05, 0) is 29.7 Å². The molecule has 0 atom stereocenters. The van der Waals surface area contributed by atoms with E-state index in [1.54, 1.807) is 24.3 Å². The van der Waals surface area contributed by atoms with Crippen LogP contribution in [0.2, 0.25) is 5.02 Å². The number of anilines is 1.